The summed E-state index contributed by atoms with van der Waals surface area (Å²) < 4.78 is 15.4. The summed E-state index contributed by atoms with van der Waals surface area (Å²) >= 11 is 0. The van der Waals surface area contributed by atoms with Crippen LogP contribution >= 0.6 is 0 Å². The zero-order valence-electron chi connectivity index (χ0n) is 11.4. The molecule has 2 aromatic rings. The van der Waals surface area contributed by atoms with Crippen molar-refractivity contribution in [3.8, 4) is 5.69 Å². The van der Waals surface area contributed by atoms with Gasteiger partial charge in [0.2, 0.25) is 5.91 Å². The predicted molar refractivity (Wildman–Crippen MR) is 74.3 cm³/mol. The van der Waals surface area contributed by atoms with E-state index in [-0.39, 0.29) is 11.8 Å². The van der Waals surface area contributed by atoms with Crippen LogP contribution in [0.5, 0.6) is 0 Å². The predicted octanol–water partition coefficient (Wildman–Crippen LogP) is 2.39. The zero-order chi connectivity index (χ0) is 14.4. The van der Waals surface area contributed by atoms with Crippen LogP contribution < -0.4 is 5.32 Å². The highest BCUT2D eigenvalue weighted by Crippen LogP contribution is 2.54. The standard InChI is InChI=1S/C15H15FN4O/c16-13-6-12(1-2-14(13)20-8-17-7-18-20)19-15(21)11-4-9-3-10(9)5-11/h1-2,6-11H,3-5H2,(H,19,21). The lowest BCUT2D eigenvalue weighted by atomic mass is 10.0. The third-order valence-electron chi connectivity index (χ3n) is 4.50. The SMILES string of the molecule is O=C(Nc1ccc(-n2cncn2)c(F)c1)C1CC2CC2C1. The smallest absolute Gasteiger partial charge is 0.227 e. The molecule has 1 N–H and O–H groups in total. The number of nitrogens with one attached hydrogen (secondary N) is 1. The normalized spacial score (nSPS) is 26.4. The molecule has 2 aliphatic carbocycles. The number of carbonyl (C=O) groups is 1. The van der Waals surface area contributed by atoms with E-state index in [1.165, 1.54) is 29.8 Å². The summed E-state index contributed by atoms with van der Waals surface area (Å²) in [5, 5.41) is 6.71. The van der Waals surface area contributed by atoms with E-state index >= 15 is 0 Å². The van der Waals surface area contributed by atoms with Crippen molar-refractivity contribution in [3.05, 3.63) is 36.7 Å². The highest BCUT2D eigenvalue weighted by molar-refractivity contribution is 5.93. The van der Waals surface area contributed by atoms with Crippen molar-refractivity contribution in [2.75, 3.05) is 5.32 Å². The van der Waals surface area contributed by atoms with Crippen molar-refractivity contribution in [2.45, 2.75) is 19.3 Å². The Hall–Kier alpha value is -2.24. The molecule has 108 valence electrons. The van der Waals surface area contributed by atoms with Crippen LogP contribution in [0.4, 0.5) is 10.1 Å². The van der Waals surface area contributed by atoms with Gasteiger partial charge in [0.1, 0.15) is 18.3 Å². The van der Waals surface area contributed by atoms with Crippen LogP contribution in [0.15, 0.2) is 30.9 Å². The number of aromatic nitrogens is 3. The first-order chi connectivity index (χ1) is 10.2. The van der Waals surface area contributed by atoms with Crippen molar-refractivity contribution in [1.82, 2.24) is 14.8 Å². The molecule has 1 aromatic carbocycles. The first-order valence-electron chi connectivity index (χ1n) is 7.16. The number of hydrogen-bond donors (Lipinski definition) is 1. The van der Waals surface area contributed by atoms with Gasteiger partial charge in [0.15, 0.2) is 5.82 Å². The van der Waals surface area contributed by atoms with Gasteiger partial charge in [0.05, 0.1) is 0 Å². The van der Waals surface area contributed by atoms with E-state index in [0.29, 0.717) is 11.4 Å². The van der Waals surface area contributed by atoms with Gasteiger partial charge in [0, 0.05) is 11.6 Å². The van der Waals surface area contributed by atoms with E-state index in [9.17, 15) is 9.18 Å². The van der Waals surface area contributed by atoms with Crippen LogP contribution in [0.2, 0.25) is 0 Å². The van der Waals surface area contributed by atoms with Gasteiger partial charge >= 0.3 is 0 Å². The molecule has 1 heterocycles. The second kappa shape index (κ2) is 4.65. The van der Waals surface area contributed by atoms with E-state index in [2.05, 4.69) is 15.4 Å². The maximum atomic E-state index is 14.1. The molecule has 2 atom stereocenters. The van der Waals surface area contributed by atoms with Gasteiger partial charge in [-0.25, -0.2) is 14.1 Å². The maximum Gasteiger partial charge on any atom is 0.227 e. The minimum Gasteiger partial charge on any atom is -0.326 e. The molecular formula is C15H15FN4O. The van der Waals surface area contributed by atoms with Gasteiger partial charge in [0.25, 0.3) is 0 Å². The molecule has 6 heteroatoms. The largest absolute Gasteiger partial charge is 0.326 e. The number of rotatable bonds is 3. The van der Waals surface area contributed by atoms with Gasteiger partial charge < -0.3 is 5.32 Å². The molecule has 4 rings (SSSR count). The Labute approximate surface area is 121 Å². The van der Waals surface area contributed by atoms with Crippen LogP contribution in [0.25, 0.3) is 5.69 Å². The summed E-state index contributed by atoms with van der Waals surface area (Å²) in [6.07, 6.45) is 6.03. The summed E-state index contributed by atoms with van der Waals surface area (Å²) in [7, 11) is 0. The molecule has 5 nitrogen and oxygen atoms in total. The number of nitrogens with zero attached hydrogens (tertiary/aromatic N) is 3. The lowest BCUT2D eigenvalue weighted by Gasteiger charge is -2.13. The summed E-state index contributed by atoms with van der Waals surface area (Å²) in [4.78, 5) is 15.9. The van der Waals surface area contributed by atoms with Crippen molar-refractivity contribution >= 4 is 11.6 Å². The number of amides is 1. The highest BCUT2D eigenvalue weighted by Gasteiger charge is 2.47. The molecule has 0 spiro atoms. The highest BCUT2D eigenvalue weighted by atomic mass is 19.1. The van der Waals surface area contributed by atoms with Crippen LogP contribution in [0, 0.1) is 23.6 Å². The molecule has 1 aromatic heterocycles. The Balaban J connectivity index is 1.48. The molecule has 2 aliphatic rings. The second-order valence-corrected chi connectivity index (χ2v) is 5.92. The molecule has 0 saturated heterocycles. The Morgan fingerprint density at radius 2 is 2.10 bits per heavy atom. The molecule has 2 unspecified atom stereocenters. The minimum absolute atomic E-state index is 0.00936. The average molecular weight is 286 g/mol. The van der Waals surface area contributed by atoms with E-state index in [1.807, 2.05) is 0 Å². The maximum absolute atomic E-state index is 14.1. The van der Waals surface area contributed by atoms with Gasteiger partial charge in [-0.2, -0.15) is 5.10 Å². The summed E-state index contributed by atoms with van der Waals surface area (Å²) in [5.41, 5.74) is 0.801. The fraction of sp³-hybridized carbons (Fsp3) is 0.400. The van der Waals surface area contributed by atoms with E-state index in [1.54, 1.807) is 12.1 Å². The molecule has 21 heavy (non-hydrogen) atoms. The van der Waals surface area contributed by atoms with E-state index < -0.39 is 5.82 Å². The summed E-state index contributed by atoms with van der Waals surface area (Å²) in [6, 6.07) is 4.60. The van der Waals surface area contributed by atoms with Gasteiger partial charge in [-0.05, 0) is 49.3 Å². The van der Waals surface area contributed by atoms with Crippen LogP contribution in [-0.2, 0) is 4.79 Å². The number of halogens is 1. The van der Waals surface area contributed by atoms with Crippen LogP contribution in [0.1, 0.15) is 19.3 Å². The summed E-state index contributed by atoms with van der Waals surface area (Å²) in [5.74, 6) is 1.17. The third-order valence-corrected chi connectivity index (χ3v) is 4.50. The number of benzene rings is 1. The average Bonchev–Trinajstić information content (AvgIpc) is 2.92. The first-order valence-corrected chi connectivity index (χ1v) is 7.16. The first kappa shape index (κ1) is 12.5. The van der Waals surface area contributed by atoms with Crippen molar-refractivity contribution in [3.63, 3.8) is 0 Å². The Morgan fingerprint density at radius 1 is 1.29 bits per heavy atom. The lowest BCUT2D eigenvalue weighted by molar-refractivity contribution is -0.120. The number of hydrogen-bond acceptors (Lipinski definition) is 3. The fourth-order valence-electron chi connectivity index (χ4n) is 3.28. The summed E-state index contributed by atoms with van der Waals surface area (Å²) in [6.45, 7) is 0. The molecule has 1 amide bonds. The quantitative estimate of drug-likeness (QED) is 0.942. The second-order valence-electron chi connectivity index (χ2n) is 5.92. The van der Waals surface area contributed by atoms with Gasteiger partial charge in [-0.3, -0.25) is 4.79 Å². The molecule has 0 radical (unpaired) electrons. The Bertz CT molecular complexity index is 675. The van der Waals surface area contributed by atoms with E-state index in [4.69, 9.17) is 0 Å². The Kier molecular flexibility index (Phi) is 2.77. The number of anilines is 1. The van der Waals surface area contributed by atoms with Crippen molar-refractivity contribution in [1.29, 1.82) is 0 Å². The lowest BCUT2D eigenvalue weighted by Crippen LogP contribution is -2.21. The van der Waals surface area contributed by atoms with Gasteiger partial charge in [-0.15, -0.1) is 0 Å². The molecular weight excluding hydrogens is 271 g/mol. The molecule has 0 aliphatic heterocycles. The number of carbonyl (C=O) groups excluding carboxylic acids is 1. The molecule has 2 fully saturated rings. The molecule has 2 saturated carbocycles. The van der Waals surface area contributed by atoms with Gasteiger partial charge in [-0.1, -0.05) is 0 Å². The van der Waals surface area contributed by atoms with Crippen LogP contribution in [0.3, 0.4) is 0 Å². The topological polar surface area (TPSA) is 59.8 Å². The van der Waals surface area contributed by atoms with Crippen molar-refractivity contribution in [2.24, 2.45) is 17.8 Å². The number of fused-ring (bicyclic) bond motifs is 1. The van der Waals surface area contributed by atoms with Crippen LogP contribution in [-0.4, -0.2) is 20.7 Å². The third kappa shape index (κ3) is 2.30. The monoisotopic (exact) mass is 286 g/mol. The molecule has 0 bridgehead atoms. The van der Waals surface area contributed by atoms with Crippen molar-refractivity contribution < 1.29 is 9.18 Å². The minimum atomic E-state index is -0.437. The van der Waals surface area contributed by atoms with E-state index in [0.717, 1.165) is 24.7 Å². The zero-order valence-corrected chi connectivity index (χ0v) is 11.4. The fourth-order valence-corrected chi connectivity index (χ4v) is 3.28. The Morgan fingerprint density at radius 3 is 2.76 bits per heavy atom.